The normalized spacial score (nSPS) is 14.7. The van der Waals surface area contributed by atoms with E-state index in [2.05, 4.69) is 5.32 Å². The SMILES string of the molecule is O=C(NCc1ccccc1)N1CCCN(C(=O)c2cccc(Cl)c2)CC1. The van der Waals surface area contributed by atoms with Gasteiger partial charge in [0, 0.05) is 43.3 Å². The summed E-state index contributed by atoms with van der Waals surface area (Å²) in [6.07, 6.45) is 0.755. The molecule has 0 aliphatic carbocycles. The Hall–Kier alpha value is -2.53. The van der Waals surface area contributed by atoms with Crippen molar-refractivity contribution in [1.82, 2.24) is 15.1 Å². The highest BCUT2D eigenvalue weighted by Crippen LogP contribution is 2.14. The minimum atomic E-state index is -0.0918. The smallest absolute Gasteiger partial charge is 0.317 e. The Morgan fingerprint density at radius 2 is 1.65 bits per heavy atom. The maximum absolute atomic E-state index is 12.6. The molecule has 0 radical (unpaired) electrons. The molecule has 0 unspecified atom stereocenters. The average Bonchev–Trinajstić information content (AvgIpc) is 2.92. The number of urea groups is 1. The van der Waals surface area contributed by atoms with Gasteiger partial charge in [0.15, 0.2) is 0 Å². The molecule has 1 heterocycles. The number of amides is 3. The van der Waals surface area contributed by atoms with Crippen molar-refractivity contribution >= 4 is 23.5 Å². The summed E-state index contributed by atoms with van der Waals surface area (Å²) in [5, 5.41) is 3.49. The zero-order chi connectivity index (χ0) is 18.4. The summed E-state index contributed by atoms with van der Waals surface area (Å²) in [6.45, 7) is 2.81. The predicted molar refractivity (Wildman–Crippen MR) is 102 cm³/mol. The lowest BCUT2D eigenvalue weighted by molar-refractivity contribution is 0.0762. The first-order valence-corrected chi connectivity index (χ1v) is 9.13. The van der Waals surface area contributed by atoms with Crippen molar-refractivity contribution in [3.8, 4) is 0 Å². The molecule has 2 aromatic rings. The summed E-state index contributed by atoms with van der Waals surface area (Å²) >= 11 is 5.98. The van der Waals surface area contributed by atoms with Gasteiger partial charge in [-0.25, -0.2) is 4.79 Å². The van der Waals surface area contributed by atoms with Crippen LogP contribution >= 0.6 is 11.6 Å². The monoisotopic (exact) mass is 371 g/mol. The molecule has 0 aromatic heterocycles. The van der Waals surface area contributed by atoms with Crippen LogP contribution in [0.2, 0.25) is 5.02 Å². The van der Waals surface area contributed by atoms with Gasteiger partial charge in [-0.1, -0.05) is 48.0 Å². The number of carbonyl (C=O) groups is 2. The summed E-state index contributed by atoms with van der Waals surface area (Å²) in [5.41, 5.74) is 1.65. The molecule has 6 heteroatoms. The van der Waals surface area contributed by atoms with E-state index >= 15 is 0 Å². The van der Waals surface area contributed by atoms with E-state index in [-0.39, 0.29) is 11.9 Å². The Morgan fingerprint density at radius 1 is 0.923 bits per heavy atom. The van der Waals surface area contributed by atoms with Crippen LogP contribution in [0.5, 0.6) is 0 Å². The quantitative estimate of drug-likeness (QED) is 0.899. The maximum atomic E-state index is 12.6. The van der Waals surface area contributed by atoms with Gasteiger partial charge >= 0.3 is 6.03 Å². The topological polar surface area (TPSA) is 52.7 Å². The first-order valence-electron chi connectivity index (χ1n) is 8.75. The molecule has 1 N–H and O–H groups in total. The van der Waals surface area contributed by atoms with Crippen LogP contribution in [0.15, 0.2) is 54.6 Å². The summed E-state index contributed by atoms with van der Waals surface area (Å²) in [4.78, 5) is 28.6. The van der Waals surface area contributed by atoms with Gasteiger partial charge in [-0.05, 0) is 30.2 Å². The second kappa shape index (κ2) is 8.72. The second-order valence-corrected chi connectivity index (χ2v) is 6.72. The van der Waals surface area contributed by atoms with Gasteiger partial charge in [-0.15, -0.1) is 0 Å². The molecule has 0 spiro atoms. The van der Waals surface area contributed by atoms with Crippen LogP contribution in [0, 0.1) is 0 Å². The van der Waals surface area contributed by atoms with E-state index in [0.29, 0.717) is 43.3 Å². The van der Waals surface area contributed by atoms with Crippen LogP contribution in [-0.2, 0) is 6.54 Å². The van der Waals surface area contributed by atoms with Crippen LogP contribution in [0.1, 0.15) is 22.3 Å². The molecule has 0 bridgehead atoms. The third-order valence-corrected chi connectivity index (χ3v) is 4.66. The highest BCUT2D eigenvalue weighted by Gasteiger charge is 2.22. The Balaban J connectivity index is 1.54. The molecule has 1 fully saturated rings. The Bertz CT molecular complexity index is 767. The molecule has 3 amide bonds. The van der Waals surface area contributed by atoms with Crippen molar-refractivity contribution in [3.05, 3.63) is 70.7 Å². The molecule has 1 aliphatic rings. The summed E-state index contributed by atoms with van der Waals surface area (Å²) in [7, 11) is 0. The molecule has 26 heavy (non-hydrogen) atoms. The zero-order valence-corrected chi connectivity index (χ0v) is 15.3. The second-order valence-electron chi connectivity index (χ2n) is 6.29. The van der Waals surface area contributed by atoms with Crippen molar-refractivity contribution in [2.24, 2.45) is 0 Å². The van der Waals surface area contributed by atoms with E-state index in [0.717, 1.165) is 12.0 Å². The van der Waals surface area contributed by atoms with Gasteiger partial charge < -0.3 is 15.1 Å². The molecule has 1 saturated heterocycles. The van der Waals surface area contributed by atoms with Crippen molar-refractivity contribution in [3.63, 3.8) is 0 Å². The molecular weight excluding hydrogens is 350 g/mol. The lowest BCUT2D eigenvalue weighted by Gasteiger charge is -2.22. The van der Waals surface area contributed by atoms with Crippen LogP contribution in [-0.4, -0.2) is 47.9 Å². The fourth-order valence-corrected chi connectivity index (χ4v) is 3.20. The molecule has 3 rings (SSSR count). The molecule has 0 saturated carbocycles. The third kappa shape index (κ3) is 4.76. The van der Waals surface area contributed by atoms with Gasteiger partial charge in [0.1, 0.15) is 0 Å². The Morgan fingerprint density at radius 3 is 2.42 bits per heavy atom. The number of halogens is 1. The average molecular weight is 372 g/mol. The van der Waals surface area contributed by atoms with E-state index < -0.39 is 0 Å². The minimum Gasteiger partial charge on any atom is -0.337 e. The Labute approximate surface area is 158 Å². The predicted octanol–water partition coefficient (Wildman–Crippen LogP) is 3.40. The molecule has 2 aromatic carbocycles. The summed E-state index contributed by atoms with van der Waals surface area (Å²) in [6, 6.07) is 16.7. The van der Waals surface area contributed by atoms with Crippen LogP contribution in [0.25, 0.3) is 0 Å². The standard InChI is InChI=1S/C20H22ClN3O2/c21-18-9-4-8-17(14-18)19(25)23-10-5-11-24(13-12-23)20(26)22-15-16-6-2-1-3-7-16/h1-4,6-9,14H,5,10-13,15H2,(H,22,26). The van der Waals surface area contributed by atoms with Crippen LogP contribution in [0.4, 0.5) is 4.79 Å². The van der Waals surface area contributed by atoms with E-state index in [9.17, 15) is 9.59 Å². The first kappa shape index (κ1) is 18.3. The van der Waals surface area contributed by atoms with Crippen molar-refractivity contribution < 1.29 is 9.59 Å². The van der Waals surface area contributed by atoms with E-state index in [4.69, 9.17) is 11.6 Å². The fourth-order valence-electron chi connectivity index (χ4n) is 3.01. The number of rotatable bonds is 3. The molecule has 1 aliphatic heterocycles. The van der Waals surface area contributed by atoms with Gasteiger partial charge in [0.2, 0.25) is 0 Å². The van der Waals surface area contributed by atoms with Crippen molar-refractivity contribution in [2.45, 2.75) is 13.0 Å². The lowest BCUT2D eigenvalue weighted by Crippen LogP contribution is -2.42. The van der Waals surface area contributed by atoms with Gasteiger partial charge in [0.25, 0.3) is 5.91 Å². The van der Waals surface area contributed by atoms with Crippen molar-refractivity contribution in [2.75, 3.05) is 26.2 Å². The van der Waals surface area contributed by atoms with Crippen LogP contribution < -0.4 is 5.32 Å². The fraction of sp³-hybridized carbons (Fsp3) is 0.300. The highest BCUT2D eigenvalue weighted by atomic mass is 35.5. The van der Waals surface area contributed by atoms with Gasteiger partial charge in [0.05, 0.1) is 0 Å². The van der Waals surface area contributed by atoms with Gasteiger partial charge in [-0.3, -0.25) is 4.79 Å². The van der Waals surface area contributed by atoms with E-state index in [1.54, 1.807) is 34.1 Å². The molecular formula is C20H22ClN3O2. The third-order valence-electron chi connectivity index (χ3n) is 4.43. The number of hydrogen-bond acceptors (Lipinski definition) is 2. The van der Waals surface area contributed by atoms with Crippen molar-refractivity contribution in [1.29, 1.82) is 0 Å². The number of benzene rings is 2. The van der Waals surface area contributed by atoms with Gasteiger partial charge in [-0.2, -0.15) is 0 Å². The molecule has 0 atom stereocenters. The Kier molecular flexibility index (Phi) is 6.12. The maximum Gasteiger partial charge on any atom is 0.317 e. The van der Waals surface area contributed by atoms with Crippen LogP contribution in [0.3, 0.4) is 0 Å². The van der Waals surface area contributed by atoms with E-state index in [1.165, 1.54) is 0 Å². The zero-order valence-electron chi connectivity index (χ0n) is 14.5. The number of nitrogens with zero attached hydrogens (tertiary/aromatic N) is 2. The summed E-state index contributed by atoms with van der Waals surface area (Å²) < 4.78 is 0. The molecule has 5 nitrogen and oxygen atoms in total. The minimum absolute atomic E-state index is 0.0426. The summed E-state index contributed by atoms with van der Waals surface area (Å²) in [5.74, 6) is -0.0426. The van der Waals surface area contributed by atoms with E-state index in [1.807, 2.05) is 30.3 Å². The first-order chi connectivity index (χ1) is 12.6. The molecule has 136 valence electrons. The number of hydrogen-bond donors (Lipinski definition) is 1. The number of nitrogens with one attached hydrogen (secondary N) is 1. The largest absolute Gasteiger partial charge is 0.337 e. The lowest BCUT2D eigenvalue weighted by atomic mass is 10.2. The highest BCUT2D eigenvalue weighted by molar-refractivity contribution is 6.30. The number of carbonyl (C=O) groups excluding carboxylic acids is 2.